The molecule has 1 heterocycles. The number of nitrogens with one attached hydrogen (secondary N) is 1. The Hall–Kier alpha value is -1.22. The van der Waals surface area contributed by atoms with Gasteiger partial charge in [0.15, 0.2) is 0 Å². The van der Waals surface area contributed by atoms with E-state index in [0.717, 1.165) is 44.3 Å². The monoisotopic (exact) mass is 290 g/mol. The smallest absolute Gasteiger partial charge is 0.142 e. The predicted octanol–water partition coefficient (Wildman–Crippen LogP) is 3.69. The van der Waals surface area contributed by atoms with Gasteiger partial charge in [0, 0.05) is 12.6 Å². The van der Waals surface area contributed by atoms with Crippen LogP contribution >= 0.6 is 0 Å². The van der Waals surface area contributed by atoms with Gasteiger partial charge >= 0.3 is 0 Å². The number of fused-ring (bicyclic) bond motifs is 1. The summed E-state index contributed by atoms with van der Waals surface area (Å²) >= 11 is 0. The molecule has 0 amide bonds. The molecule has 0 spiro atoms. The van der Waals surface area contributed by atoms with Crippen LogP contribution in [0.15, 0.2) is 24.3 Å². The van der Waals surface area contributed by atoms with Gasteiger partial charge < -0.3 is 15.0 Å². The van der Waals surface area contributed by atoms with Crippen LogP contribution in [0.4, 0.5) is 5.69 Å². The molecule has 118 valence electrons. The maximum absolute atomic E-state index is 5.84. The zero-order valence-corrected chi connectivity index (χ0v) is 13.8. The SMILES string of the molecule is CC(C)CNCCCC(C)N1CCCOc2ccccc21. The van der Waals surface area contributed by atoms with Crippen molar-refractivity contribution in [2.75, 3.05) is 31.1 Å². The van der Waals surface area contributed by atoms with Gasteiger partial charge in [-0.25, -0.2) is 0 Å². The predicted molar refractivity (Wildman–Crippen MR) is 90.3 cm³/mol. The second-order valence-electron chi connectivity index (χ2n) is 6.45. The van der Waals surface area contributed by atoms with Gasteiger partial charge in [0.1, 0.15) is 5.75 Å². The molecular formula is C18H30N2O. The minimum absolute atomic E-state index is 0.564. The highest BCUT2D eigenvalue weighted by Gasteiger charge is 2.20. The molecule has 1 aromatic carbocycles. The lowest BCUT2D eigenvalue weighted by atomic mass is 10.1. The van der Waals surface area contributed by atoms with Crippen molar-refractivity contribution in [3.63, 3.8) is 0 Å². The molecule has 1 unspecified atom stereocenters. The molecule has 0 saturated carbocycles. The molecule has 1 N–H and O–H groups in total. The molecule has 0 aromatic heterocycles. The zero-order valence-electron chi connectivity index (χ0n) is 13.8. The van der Waals surface area contributed by atoms with Crippen molar-refractivity contribution in [3.8, 4) is 5.75 Å². The van der Waals surface area contributed by atoms with Crippen molar-refractivity contribution in [3.05, 3.63) is 24.3 Å². The number of ether oxygens (including phenoxy) is 1. The summed E-state index contributed by atoms with van der Waals surface area (Å²) in [5, 5.41) is 3.53. The van der Waals surface area contributed by atoms with E-state index in [4.69, 9.17) is 4.74 Å². The van der Waals surface area contributed by atoms with Crippen LogP contribution in [0.2, 0.25) is 0 Å². The second-order valence-corrected chi connectivity index (χ2v) is 6.45. The number of hydrogen-bond donors (Lipinski definition) is 1. The van der Waals surface area contributed by atoms with Crippen LogP contribution in [0.5, 0.6) is 5.75 Å². The van der Waals surface area contributed by atoms with Crippen molar-refractivity contribution in [1.82, 2.24) is 5.32 Å². The maximum Gasteiger partial charge on any atom is 0.142 e. The third-order valence-corrected chi connectivity index (χ3v) is 4.04. The number of para-hydroxylation sites is 2. The highest BCUT2D eigenvalue weighted by Crippen LogP contribution is 2.32. The van der Waals surface area contributed by atoms with Crippen molar-refractivity contribution >= 4 is 5.69 Å². The Morgan fingerprint density at radius 1 is 1.24 bits per heavy atom. The first-order valence-electron chi connectivity index (χ1n) is 8.37. The average Bonchev–Trinajstić information content (AvgIpc) is 2.68. The van der Waals surface area contributed by atoms with Crippen LogP contribution < -0.4 is 15.0 Å². The number of hydrogen-bond acceptors (Lipinski definition) is 3. The number of benzene rings is 1. The molecule has 1 atom stereocenters. The Morgan fingerprint density at radius 3 is 2.86 bits per heavy atom. The molecule has 3 heteroatoms. The van der Waals surface area contributed by atoms with E-state index in [1.807, 2.05) is 0 Å². The van der Waals surface area contributed by atoms with Crippen molar-refractivity contribution in [2.45, 2.75) is 46.1 Å². The summed E-state index contributed by atoms with van der Waals surface area (Å²) in [5.74, 6) is 1.77. The Labute approximate surface area is 129 Å². The minimum Gasteiger partial charge on any atom is -0.491 e. The molecule has 1 aliphatic heterocycles. The number of rotatable bonds is 7. The third kappa shape index (κ3) is 4.92. The first kappa shape index (κ1) is 16.2. The quantitative estimate of drug-likeness (QED) is 0.775. The Bertz CT molecular complexity index is 419. The van der Waals surface area contributed by atoms with Crippen LogP contribution in [0, 0.1) is 5.92 Å². The molecule has 0 saturated heterocycles. The van der Waals surface area contributed by atoms with E-state index in [9.17, 15) is 0 Å². The topological polar surface area (TPSA) is 24.5 Å². The van der Waals surface area contributed by atoms with Crippen LogP contribution in [0.3, 0.4) is 0 Å². The van der Waals surface area contributed by atoms with Gasteiger partial charge in [0.25, 0.3) is 0 Å². The molecule has 1 aliphatic rings. The summed E-state index contributed by atoms with van der Waals surface area (Å²) in [6.07, 6.45) is 3.55. The minimum atomic E-state index is 0.564. The Kier molecular flexibility index (Phi) is 6.37. The fourth-order valence-corrected chi connectivity index (χ4v) is 2.88. The zero-order chi connectivity index (χ0) is 15.1. The van der Waals surface area contributed by atoms with Gasteiger partial charge in [-0.1, -0.05) is 26.0 Å². The average molecular weight is 290 g/mol. The van der Waals surface area contributed by atoms with E-state index in [0.29, 0.717) is 6.04 Å². The summed E-state index contributed by atoms with van der Waals surface area (Å²) in [4.78, 5) is 2.52. The van der Waals surface area contributed by atoms with E-state index in [1.165, 1.54) is 18.5 Å². The van der Waals surface area contributed by atoms with Gasteiger partial charge in [-0.05, 0) is 57.3 Å². The van der Waals surface area contributed by atoms with E-state index in [-0.39, 0.29) is 0 Å². The van der Waals surface area contributed by atoms with Crippen LogP contribution in [0.25, 0.3) is 0 Å². The van der Waals surface area contributed by atoms with Crippen LogP contribution in [-0.2, 0) is 0 Å². The second kappa shape index (κ2) is 8.28. The van der Waals surface area contributed by atoms with E-state index < -0.39 is 0 Å². The molecule has 3 nitrogen and oxygen atoms in total. The Balaban J connectivity index is 1.85. The Morgan fingerprint density at radius 2 is 2.05 bits per heavy atom. The third-order valence-electron chi connectivity index (χ3n) is 4.04. The largest absolute Gasteiger partial charge is 0.491 e. The molecule has 1 aromatic rings. The highest BCUT2D eigenvalue weighted by molar-refractivity contribution is 5.59. The van der Waals surface area contributed by atoms with Crippen LogP contribution in [0.1, 0.15) is 40.0 Å². The van der Waals surface area contributed by atoms with Gasteiger partial charge in [0.05, 0.1) is 12.3 Å². The lowest BCUT2D eigenvalue weighted by Gasteiger charge is -2.30. The molecule has 21 heavy (non-hydrogen) atoms. The normalized spacial score (nSPS) is 16.3. The molecule has 0 bridgehead atoms. The summed E-state index contributed by atoms with van der Waals surface area (Å²) in [6, 6.07) is 9.01. The number of anilines is 1. The molecular weight excluding hydrogens is 260 g/mol. The highest BCUT2D eigenvalue weighted by atomic mass is 16.5. The maximum atomic E-state index is 5.84. The molecule has 0 fully saturated rings. The van der Waals surface area contributed by atoms with Gasteiger partial charge in [-0.15, -0.1) is 0 Å². The lowest BCUT2D eigenvalue weighted by Crippen LogP contribution is -2.34. The molecule has 2 rings (SSSR count). The lowest BCUT2D eigenvalue weighted by molar-refractivity contribution is 0.322. The standard InChI is InChI=1S/C18H30N2O/c1-15(2)14-19-11-6-8-16(3)20-12-7-13-21-18-10-5-4-9-17(18)20/h4-5,9-10,15-16,19H,6-8,11-14H2,1-3H3. The van der Waals surface area contributed by atoms with Crippen molar-refractivity contribution in [2.24, 2.45) is 5.92 Å². The summed E-state index contributed by atoms with van der Waals surface area (Å²) in [6.45, 7) is 11.0. The van der Waals surface area contributed by atoms with Crippen LogP contribution in [-0.4, -0.2) is 32.3 Å². The first-order valence-corrected chi connectivity index (χ1v) is 8.37. The van der Waals surface area contributed by atoms with E-state index in [1.54, 1.807) is 0 Å². The van der Waals surface area contributed by atoms with Crippen molar-refractivity contribution < 1.29 is 4.74 Å². The van der Waals surface area contributed by atoms with Gasteiger partial charge in [-0.3, -0.25) is 0 Å². The summed E-state index contributed by atoms with van der Waals surface area (Å²) in [5.41, 5.74) is 1.26. The molecule has 0 aliphatic carbocycles. The summed E-state index contributed by atoms with van der Waals surface area (Å²) in [7, 11) is 0. The fraction of sp³-hybridized carbons (Fsp3) is 0.667. The van der Waals surface area contributed by atoms with Gasteiger partial charge in [0.2, 0.25) is 0 Å². The summed E-state index contributed by atoms with van der Waals surface area (Å²) < 4.78 is 5.84. The fourth-order valence-electron chi connectivity index (χ4n) is 2.88. The van der Waals surface area contributed by atoms with E-state index in [2.05, 4.69) is 55.3 Å². The van der Waals surface area contributed by atoms with Crippen molar-refractivity contribution in [1.29, 1.82) is 0 Å². The van der Waals surface area contributed by atoms with E-state index >= 15 is 0 Å². The number of nitrogens with zero attached hydrogens (tertiary/aromatic N) is 1. The van der Waals surface area contributed by atoms with Gasteiger partial charge in [-0.2, -0.15) is 0 Å². The molecule has 0 radical (unpaired) electrons. The first-order chi connectivity index (χ1) is 10.2.